The highest BCUT2D eigenvalue weighted by atomic mass is 16.5. The Bertz CT molecular complexity index is 429. The fourth-order valence-corrected chi connectivity index (χ4v) is 3.51. The minimum absolute atomic E-state index is 0.491. The third-order valence-electron chi connectivity index (χ3n) is 4.62. The number of hydrogen-bond acceptors (Lipinski definition) is 3. The van der Waals surface area contributed by atoms with Gasteiger partial charge in [-0.1, -0.05) is 24.3 Å². The number of fused-ring (bicyclic) bond motifs is 1. The molecule has 0 aliphatic carbocycles. The van der Waals surface area contributed by atoms with E-state index in [4.69, 9.17) is 4.74 Å². The molecule has 1 atom stereocenters. The summed E-state index contributed by atoms with van der Waals surface area (Å²) in [7, 11) is 2.26. The average Bonchev–Trinajstić information content (AvgIpc) is 2.48. The van der Waals surface area contributed by atoms with Crippen LogP contribution in [0.4, 0.5) is 0 Å². The zero-order valence-corrected chi connectivity index (χ0v) is 12.5. The standard InChI is InChI=1S/C17H26N2O/c1-19(12-14-7-10-20-11-8-14)13-17-16-5-3-2-4-15(16)6-9-18-17/h2-5,14,17-18H,6-13H2,1H3. The number of nitrogens with one attached hydrogen (secondary N) is 1. The molecule has 20 heavy (non-hydrogen) atoms. The molecule has 2 aliphatic heterocycles. The fourth-order valence-electron chi connectivity index (χ4n) is 3.51. The topological polar surface area (TPSA) is 24.5 Å². The first kappa shape index (κ1) is 14.1. The van der Waals surface area contributed by atoms with E-state index in [9.17, 15) is 0 Å². The van der Waals surface area contributed by atoms with Crippen LogP contribution in [0, 0.1) is 5.92 Å². The van der Waals surface area contributed by atoms with Gasteiger partial charge in [-0.25, -0.2) is 0 Å². The van der Waals surface area contributed by atoms with E-state index < -0.39 is 0 Å². The molecule has 1 unspecified atom stereocenters. The molecule has 0 spiro atoms. The van der Waals surface area contributed by atoms with Crippen LogP contribution in [0.2, 0.25) is 0 Å². The third kappa shape index (κ3) is 3.40. The molecule has 0 bridgehead atoms. The molecular weight excluding hydrogens is 248 g/mol. The van der Waals surface area contributed by atoms with Gasteiger partial charge in [-0.05, 0) is 49.9 Å². The smallest absolute Gasteiger partial charge is 0.0469 e. The summed E-state index contributed by atoms with van der Waals surface area (Å²) in [5, 5.41) is 3.68. The molecule has 0 saturated carbocycles. The summed E-state index contributed by atoms with van der Waals surface area (Å²) in [4.78, 5) is 2.50. The second-order valence-corrected chi connectivity index (χ2v) is 6.23. The summed E-state index contributed by atoms with van der Waals surface area (Å²) < 4.78 is 5.45. The van der Waals surface area contributed by atoms with Crippen LogP contribution >= 0.6 is 0 Å². The summed E-state index contributed by atoms with van der Waals surface area (Å²) in [6.45, 7) is 5.30. The first-order chi connectivity index (χ1) is 9.83. The highest BCUT2D eigenvalue weighted by molar-refractivity contribution is 5.32. The van der Waals surface area contributed by atoms with Gasteiger partial charge in [0.05, 0.1) is 0 Å². The molecule has 3 rings (SSSR count). The molecule has 3 nitrogen and oxygen atoms in total. The Morgan fingerprint density at radius 1 is 1.20 bits per heavy atom. The second-order valence-electron chi connectivity index (χ2n) is 6.23. The Labute approximate surface area is 122 Å². The van der Waals surface area contributed by atoms with Gasteiger partial charge in [-0.2, -0.15) is 0 Å². The van der Waals surface area contributed by atoms with Gasteiger partial charge in [-0.3, -0.25) is 0 Å². The molecule has 3 heteroatoms. The zero-order valence-electron chi connectivity index (χ0n) is 12.5. The van der Waals surface area contributed by atoms with Crippen molar-refractivity contribution in [2.24, 2.45) is 5.92 Å². The minimum Gasteiger partial charge on any atom is -0.381 e. The van der Waals surface area contributed by atoms with E-state index in [1.165, 1.54) is 30.5 Å². The van der Waals surface area contributed by atoms with Crippen molar-refractivity contribution >= 4 is 0 Å². The lowest BCUT2D eigenvalue weighted by Crippen LogP contribution is -2.39. The molecule has 1 aromatic rings. The maximum absolute atomic E-state index is 5.45. The van der Waals surface area contributed by atoms with Crippen LogP contribution in [0.5, 0.6) is 0 Å². The van der Waals surface area contributed by atoms with E-state index in [0.717, 1.165) is 38.6 Å². The SMILES string of the molecule is CN(CC1CCOCC1)CC1NCCc2ccccc21. The van der Waals surface area contributed by atoms with Crippen molar-refractivity contribution < 1.29 is 4.74 Å². The summed E-state index contributed by atoms with van der Waals surface area (Å²) >= 11 is 0. The number of benzene rings is 1. The van der Waals surface area contributed by atoms with Crippen LogP contribution in [0.25, 0.3) is 0 Å². The van der Waals surface area contributed by atoms with Crippen molar-refractivity contribution in [3.63, 3.8) is 0 Å². The lowest BCUT2D eigenvalue weighted by molar-refractivity contribution is 0.0546. The van der Waals surface area contributed by atoms with Crippen LogP contribution in [-0.2, 0) is 11.2 Å². The molecule has 0 radical (unpaired) electrons. The Morgan fingerprint density at radius 2 is 2.00 bits per heavy atom. The van der Waals surface area contributed by atoms with E-state index >= 15 is 0 Å². The molecule has 110 valence electrons. The van der Waals surface area contributed by atoms with Gasteiger partial charge in [-0.15, -0.1) is 0 Å². The summed E-state index contributed by atoms with van der Waals surface area (Å²) in [6, 6.07) is 9.38. The quantitative estimate of drug-likeness (QED) is 0.911. The summed E-state index contributed by atoms with van der Waals surface area (Å²) in [6.07, 6.45) is 3.61. The lowest BCUT2D eigenvalue weighted by Gasteiger charge is -2.33. The van der Waals surface area contributed by atoms with Gasteiger partial charge in [0, 0.05) is 32.3 Å². The Balaban J connectivity index is 1.57. The van der Waals surface area contributed by atoms with E-state index in [1.54, 1.807) is 0 Å². The number of ether oxygens (including phenoxy) is 1. The van der Waals surface area contributed by atoms with Crippen molar-refractivity contribution in [1.82, 2.24) is 10.2 Å². The molecule has 2 aliphatic rings. The van der Waals surface area contributed by atoms with Crippen LogP contribution in [0.1, 0.15) is 30.0 Å². The van der Waals surface area contributed by atoms with Crippen molar-refractivity contribution in [2.45, 2.75) is 25.3 Å². The van der Waals surface area contributed by atoms with E-state index in [-0.39, 0.29) is 0 Å². The van der Waals surface area contributed by atoms with Crippen molar-refractivity contribution in [3.05, 3.63) is 35.4 Å². The maximum Gasteiger partial charge on any atom is 0.0469 e. The lowest BCUT2D eigenvalue weighted by atomic mass is 9.93. The molecule has 1 N–H and O–H groups in total. The largest absolute Gasteiger partial charge is 0.381 e. The first-order valence-electron chi connectivity index (χ1n) is 7.90. The molecule has 0 amide bonds. The summed E-state index contributed by atoms with van der Waals surface area (Å²) in [5.74, 6) is 0.813. The predicted octanol–water partition coefficient (Wildman–Crippen LogP) is 2.23. The Hall–Kier alpha value is -0.900. The van der Waals surface area contributed by atoms with Crippen LogP contribution in [0.15, 0.2) is 24.3 Å². The van der Waals surface area contributed by atoms with Gasteiger partial charge in [0.25, 0.3) is 0 Å². The monoisotopic (exact) mass is 274 g/mol. The van der Waals surface area contributed by atoms with E-state index in [0.29, 0.717) is 6.04 Å². The maximum atomic E-state index is 5.45. The third-order valence-corrected chi connectivity index (χ3v) is 4.62. The molecular formula is C17H26N2O. The van der Waals surface area contributed by atoms with E-state index in [1.807, 2.05) is 0 Å². The fraction of sp³-hybridized carbons (Fsp3) is 0.647. The van der Waals surface area contributed by atoms with Gasteiger partial charge in [0.1, 0.15) is 0 Å². The number of likely N-dealkylation sites (N-methyl/N-ethyl adjacent to an activating group) is 1. The first-order valence-corrected chi connectivity index (χ1v) is 7.90. The minimum atomic E-state index is 0.491. The van der Waals surface area contributed by atoms with E-state index in [2.05, 4.69) is 41.5 Å². The zero-order chi connectivity index (χ0) is 13.8. The van der Waals surface area contributed by atoms with Crippen LogP contribution in [-0.4, -0.2) is 44.8 Å². The summed E-state index contributed by atoms with van der Waals surface area (Å²) in [5.41, 5.74) is 3.02. The Kier molecular flexibility index (Phi) is 4.71. The molecule has 0 aromatic heterocycles. The van der Waals surface area contributed by atoms with Crippen LogP contribution < -0.4 is 5.32 Å². The Morgan fingerprint density at radius 3 is 2.85 bits per heavy atom. The second kappa shape index (κ2) is 6.70. The molecule has 1 saturated heterocycles. The van der Waals surface area contributed by atoms with Gasteiger partial charge in [0.2, 0.25) is 0 Å². The van der Waals surface area contributed by atoms with Crippen LogP contribution in [0.3, 0.4) is 0 Å². The highest BCUT2D eigenvalue weighted by Gasteiger charge is 2.22. The molecule has 1 aromatic carbocycles. The molecule has 2 heterocycles. The number of nitrogens with zero attached hydrogens (tertiary/aromatic N) is 1. The van der Waals surface area contributed by atoms with Crippen molar-refractivity contribution in [2.75, 3.05) is 39.9 Å². The molecule has 1 fully saturated rings. The van der Waals surface area contributed by atoms with Crippen molar-refractivity contribution in [1.29, 1.82) is 0 Å². The van der Waals surface area contributed by atoms with Gasteiger partial charge < -0.3 is 15.0 Å². The highest BCUT2D eigenvalue weighted by Crippen LogP contribution is 2.24. The average molecular weight is 274 g/mol. The predicted molar refractivity (Wildman–Crippen MR) is 81.9 cm³/mol. The number of rotatable bonds is 4. The van der Waals surface area contributed by atoms with Crippen molar-refractivity contribution in [3.8, 4) is 0 Å². The normalized spacial score (nSPS) is 23.8. The van der Waals surface area contributed by atoms with Gasteiger partial charge in [0.15, 0.2) is 0 Å². The van der Waals surface area contributed by atoms with Gasteiger partial charge >= 0.3 is 0 Å². The number of hydrogen-bond donors (Lipinski definition) is 1.